The van der Waals surface area contributed by atoms with Gasteiger partial charge in [0.25, 0.3) is 0 Å². The van der Waals surface area contributed by atoms with Crippen LogP contribution in [-0.4, -0.2) is 63.7 Å². The predicted molar refractivity (Wildman–Crippen MR) is 183 cm³/mol. The van der Waals surface area contributed by atoms with Crippen molar-refractivity contribution < 1.29 is 35.4 Å². The smallest absolute Gasteiger partial charge is 0.744 e. The summed E-state index contributed by atoms with van der Waals surface area (Å²) >= 11 is 0. The summed E-state index contributed by atoms with van der Waals surface area (Å²) in [4.78, 5) is -0.479. The van der Waals surface area contributed by atoms with Gasteiger partial charge in [-0.05, 0) is 97.5 Å². The van der Waals surface area contributed by atoms with Gasteiger partial charge in [0.1, 0.15) is 43.2 Å². The summed E-state index contributed by atoms with van der Waals surface area (Å²) in [5, 5.41) is 0. The first-order chi connectivity index (χ1) is 22.0. The Morgan fingerprint density at radius 1 is 0.489 bits per heavy atom. The van der Waals surface area contributed by atoms with Crippen LogP contribution in [0, 0.1) is 0 Å². The first-order valence-corrected chi connectivity index (χ1v) is 18.4. The maximum Gasteiger partial charge on any atom is 2.00 e. The van der Waals surface area contributed by atoms with Gasteiger partial charge in [-0.3, -0.25) is 0 Å². The Morgan fingerprint density at radius 2 is 0.851 bits per heavy atom. The monoisotopic (exact) mass is 706 g/mol. The fourth-order valence-electron chi connectivity index (χ4n) is 4.72. The van der Waals surface area contributed by atoms with E-state index in [4.69, 9.17) is 9.47 Å². The zero-order valence-corrected chi connectivity index (χ0v) is 30.9. The number of unbranched alkanes of at least 4 members (excludes halogenated alkanes) is 6. The van der Waals surface area contributed by atoms with Gasteiger partial charge in [0, 0.05) is 0 Å². The number of hydrogen-bond donors (Lipinski definition) is 0. The van der Waals surface area contributed by atoms with Crippen LogP contribution in [0.25, 0.3) is 0 Å². The molecule has 0 aliphatic heterocycles. The van der Waals surface area contributed by atoms with E-state index < -0.39 is 20.2 Å². The van der Waals surface area contributed by atoms with E-state index >= 15 is 0 Å². The van der Waals surface area contributed by atoms with Crippen LogP contribution in [0.3, 0.4) is 0 Å². The molecule has 8 nitrogen and oxygen atoms in total. The van der Waals surface area contributed by atoms with Crippen molar-refractivity contribution in [3.63, 3.8) is 0 Å². The van der Waals surface area contributed by atoms with Crippen LogP contribution in [0.15, 0.2) is 107 Å². The van der Waals surface area contributed by atoms with Crippen LogP contribution in [0.4, 0.5) is 0 Å². The van der Waals surface area contributed by atoms with Crippen molar-refractivity contribution in [2.75, 3.05) is 0 Å². The molecule has 4 aromatic rings. The molecule has 4 aromatic carbocycles. The molecule has 0 radical (unpaired) electrons. The second kappa shape index (κ2) is 20.8. The second-order valence-electron chi connectivity index (χ2n) is 11.0. The zero-order chi connectivity index (χ0) is 33.4. The quantitative estimate of drug-likeness (QED) is 0.0643. The molecule has 0 heterocycles. The maximum atomic E-state index is 11.4. The van der Waals surface area contributed by atoms with Crippen LogP contribution in [0.5, 0.6) is 23.0 Å². The van der Waals surface area contributed by atoms with Crippen molar-refractivity contribution in [2.24, 2.45) is 0 Å². The minimum absolute atomic E-state index is 0. The zero-order valence-electron chi connectivity index (χ0n) is 27.1. The van der Waals surface area contributed by atoms with Gasteiger partial charge in [-0.15, -0.1) is 0 Å². The Bertz CT molecular complexity index is 1580. The Kier molecular flexibility index (Phi) is 18.0. The number of rotatable bonds is 16. The molecule has 47 heavy (non-hydrogen) atoms. The van der Waals surface area contributed by atoms with Crippen molar-refractivity contribution in [1.82, 2.24) is 0 Å². The third kappa shape index (κ3) is 15.5. The van der Waals surface area contributed by atoms with Crippen molar-refractivity contribution in [3.8, 4) is 23.0 Å². The normalized spacial score (nSPS) is 11.1. The van der Waals surface area contributed by atoms with Gasteiger partial charge in [-0.2, -0.15) is 0 Å². The minimum Gasteiger partial charge on any atom is -0.744 e. The molecular formula is C36H42CaO8S2. The third-order valence-corrected chi connectivity index (χ3v) is 8.68. The van der Waals surface area contributed by atoms with Gasteiger partial charge >= 0.3 is 37.7 Å². The Morgan fingerprint density at radius 3 is 1.17 bits per heavy atom. The van der Waals surface area contributed by atoms with Crippen molar-refractivity contribution in [2.45, 2.75) is 87.8 Å². The molecule has 0 aliphatic carbocycles. The van der Waals surface area contributed by atoms with Gasteiger partial charge in [-0.1, -0.05) is 88.8 Å². The molecule has 0 atom stereocenters. The van der Waals surface area contributed by atoms with Crippen molar-refractivity contribution >= 4 is 58.0 Å². The second-order valence-corrected chi connectivity index (χ2v) is 13.7. The van der Waals surface area contributed by atoms with Gasteiger partial charge < -0.3 is 18.6 Å². The summed E-state index contributed by atoms with van der Waals surface area (Å²) in [5.74, 6) is 1.95. The molecule has 0 fully saturated rings. The maximum absolute atomic E-state index is 11.4. The van der Waals surface area contributed by atoms with Gasteiger partial charge in [0.15, 0.2) is 0 Å². The van der Waals surface area contributed by atoms with E-state index in [1.807, 2.05) is 36.4 Å². The molecule has 0 aromatic heterocycles. The van der Waals surface area contributed by atoms with E-state index in [1.165, 1.54) is 24.3 Å². The third-order valence-electron chi connectivity index (χ3n) is 7.05. The summed E-state index contributed by atoms with van der Waals surface area (Å²) in [6, 6.07) is 27.2. The number of benzene rings is 4. The minimum atomic E-state index is -4.51. The molecule has 0 aliphatic rings. The van der Waals surface area contributed by atoms with E-state index in [0.29, 0.717) is 23.0 Å². The molecule has 11 heteroatoms. The Hall–Kier alpha value is -2.44. The van der Waals surface area contributed by atoms with Crippen molar-refractivity contribution in [3.05, 3.63) is 108 Å². The van der Waals surface area contributed by atoms with Crippen LogP contribution in [0.2, 0.25) is 0 Å². The van der Waals surface area contributed by atoms with Gasteiger partial charge in [0.2, 0.25) is 0 Å². The summed E-state index contributed by atoms with van der Waals surface area (Å²) in [6.07, 6.45) is 10.1. The van der Waals surface area contributed by atoms with Crippen LogP contribution in [0.1, 0.15) is 76.3 Å². The van der Waals surface area contributed by atoms with Crippen LogP contribution >= 0.6 is 0 Å². The predicted octanol–water partition coefficient (Wildman–Crippen LogP) is 8.63. The number of aryl methyl sites for hydroxylation is 2. The topological polar surface area (TPSA) is 133 Å². The number of ether oxygens (including phenoxy) is 2. The first-order valence-electron chi connectivity index (χ1n) is 15.6. The molecule has 0 amide bonds. The summed E-state index contributed by atoms with van der Waals surface area (Å²) < 4.78 is 79.5. The molecule has 0 saturated carbocycles. The molecular weight excluding hydrogens is 665 g/mol. The first kappa shape index (κ1) is 40.7. The Balaban J connectivity index is 0.000000320. The standard InChI is InChI=1S/2C18H22O4S.Ca/c2*1-2-3-4-6-9-15-12-17(14-18(13-15)23(19,20)21)22-16-10-7-5-8-11-16;/h2*5,7-8,10-14H,2-4,6,9H2,1H3,(H,19,20,21);/q;;+2/p-2. The number of hydrogen-bond acceptors (Lipinski definition) is 8. The van der Waals surface area contributed by atoms with Gasteiger partial charge in [0.05, 0.1) is 9.79 Å². The molecule has 0 unspecified atom stereocenters. The van der Waals surface area contributed by atoms with Crippen LogP contribution < -0.4 is 9.47 Å². The molecule has 0 spiro atoms. The average molecular weight is 707 g/mol. The number of para-hydroxylation sites is 2. The molecule has 4 rings (SSSR count). The molecule has 0 N–H and O–H groups in total. The van der Waals surface area contributed by atoms with E-state index in [2.05, 4.69) is 13.8 Å². The van der Waals surface area contributed by atoms with Gasteiger partial charge in [-0.25, -0.2) is 16.8 Å². The Labute approximate surface area is 310 Å². The van der Waals surface area contributed by atoms with Crippen LogP contribution in [-0.2, 0) is 33.1 Å². The van der Waals surface area contributed by atoms with E-state index in [-0.39, 0.29) is 47.5 Å². The summed E-state index contributed by atoms with van der Waals surface area (Å²) in [6.45, 7) is 4.27. The summed E-state index contributed by atoms with van der Waals surface area (Å²) in [5.41, 5.74) is 1.62. The average Bonchev–Trinajstić information content (AvgIpc) is 3.02. The van der Waals surface area contributed by atoms with E-state index in [9.17, 15) is 25.9 Å². The van der Waals surface area contributed by atoms with E-state index in [0.717, 1.165) is 75.3 Å². The fourth-order valence-corrected chi connectivity index (χ4v) is 5.83. The largest absolute Gasteiger partial charge is 2.00 e. The SMILES string of the molecule is CCCCCCc1cc(Oc2ccccc2)cc(S(=O)(=O)[O-])c1.CCCCCCc1cc(Oc2ccccc2)cc(S(=O)(=O)[O-])c1.[Ca+2]. The summed E-state index contributed by atoms with van der Waals surface area (Å²) in [7, 11) is -9.01. The van der Waals surface area contributed by atoms with Crippen molar-refractivity contribution in [1.29, 1.82) is 0 Å². The molecule has 248 valence electrons. The fraction of sp³-hybridized carbons (Fsp3) is 0.333. The molecule has 0 bridgehead atoms. The van der Waals surface area contributed by atoms with E-state index in [1.54, 1.807) is 36.4 Å². The molecule has 0 saturated heterocycles.